The molecule has 1 N–H and O–H groups in total. The number of rotatable bonds is 4. The summed E-state index contributed by atoms with van der Waals surface area (Å²) in [6.45, 7) is 1.69. The molecule has 0 saturated heterocycles. The minimum atomic E-state index is -0.667. The fourth-order valence-electron chi connectivity index (χ4n) is 2.85. The van der Waals surface area contributed by atoms with Crippen LogP contribution in [0.2, 0.25) is 5.02 Å². The Kier molecular flexibility index (Phi) is 4.27. The molecule has 1 atom stereocenters. The predicted octanol–water partition coefficient (Wildman–Crippen LogP) is 5.65. The Bertz CT molecular complexity index is 1100. The predicted molar refractivity (Wildman–Crippen MR) is 104 cm³/mol. The van der Waals surface area contributed by atoms with Crippen molar-refractivity contribution in [3.05, 3.63) is 71.8 Å². The first kappa shape index (κ1) is 16.5. The van der Waals surface area contributed by atoms with Gasteiger partial charge in [0.05, 0.1) is 0 Å². The van der Waals surface area contributed by atoms with Crippen LogP contribution in [0.25, 0.3) is 21.9 Å². The number of carbonyl (C=O) groups is 1. The molecule has 0 aliphatic carbocycles. The molecule has 0 aliphatic heterocycles. The van der Waals surface area contributed by atoms with E-state index >= 15 is 0 Å². The van der Waals surface area contributed by atoms with Crippen LogP contribution < -0.4 is 10.1 Å². The van der Waals surface area contributed by atoms with Gasteiger partial charge in [-0.15, -0.1) is 0 Å². The molecule has 1 unspecified atom stereocenters. The third kappa shape index (κ3) is 3.24. The van der Waals surface area contributed by atoms with E-state index in [9.17, 15) is 4.79 Å². The van der Waals surface area contributed by atoms with Crippen LogP contribution in [0.15, 0.2) is 71.1 Å². The summed E-state index contributed by atoms with van der Waals surface area (Å²) in [4.78, 5) is 12.4. The van der Waals surface area contributed by atoms with E-state index in [1.807, 2.05) is 42.5 Å². The second-order valence-corrected chi connectivity index (χ2v) is 6.45. The van der Waals surface area contributed by atoms with Gasteiger partial charge in [0.25, 0.3) is 5.91 Å². The van der Waals surface area contributed by atoms with Crippen LogP contribution in [0, 0.1) is 0 Å². The molecular weight excluding hydrogens is 350 g/mol. The lowest BCUT2D eigenvalue weighted by Crippen LogP contribution is -2.30. The number of amides is 1. The third-order valence-electron chi connectivity index (χ3n) is 4.12. The monoisotopic (exact) mass is 365 g/mol. The van der Waals surface area contributed by atoms with E-state index in [0.717, 1.165) is 21.9 Å². The summed E-state index contributed by atoms with van der Waals surface area (Å²) in [7, 11) is 0. The van der Waals surface area contributed by atoms with Gasteiger partial charge in [0.15, 0.2) is 6.10 Å². The molecule has 5 heteroatoms. The van der Waals surface area contributed by atoms with Gasteiger partial charge in [0.1, 0.15) is 16.9 Å². The molecule has 0 spiro atoms. The van der Waals surface area contributed by atoms with E-state index in [1.54, 1.807) is 31.2 Å². The topological polar surface area (TPSA) is 51.5 Å². The van der Waals surface area contributed by atoms with Gasteiger partial charge < -0.3 is 14.5 Å². The Morgan fingerprint density at radius 1 is 1.00 bits per heavy atom. The largest absolute Gasteiger partial charge is 0.481 e. The number of para-hydroxylation sites is 1. The number of hydrogen-bond acceptors (Lipinski definition) is 3. The van der Waals surface area contributed by atoms with Crippen molar-refractivity contribution in [2.45, 2.75) is 13.0 Å². The first-order valence-corrected chi connectivity index (χ1v) is 8.62. The van der Waals surface area contributed by atoms with E-state index in [4.69, 9.17) is 20.8 Å². The molecule has 26 heavy (non-hydrogen) atoms. The molecule has 0 fully saturated rings. The number of benzene rings is 3. The lowest BCUT2D eigenvalue weighted by Gasteiger charge is -2.15. The highest BCUT2D eigenvalue weighted by atomic mass is 35.5. The van der Waals surface area contributed by atoms with E-state index in [1.165, 1.54) is 0 Å². The van der Waals surface area contributed by atoms with Crippen LogP contribution in [0.3, 0.4) is 0 Å². The minimum Gasteiger partial charge on any atom is -0.481 e. The normalized spacial score (nSPS) is 12.2. The molecule has 0 radical (unpaired) electrons. The average Bonchev–Trinajstić information content (AvgIpc) is 2.99. The summed E-state index contributed by atoms with van der Waals surface area (Å²) in [5.74, 6) is 0.299. The van der Waals surface area contributed by atoms with Gasteiger partial charge in [-0.05, 0) is 43.3 Å². The van der Waals surface area contributed by atoms with Crippen molar-refractivity contribution in [1.29, 1.82) is 0 Å². The Hall–Kier alpha value is -2.98. The highest BCUT2D eigenvalue weighted by molar-refractivity contribution is 6.30. The highest BCUT2D eigenvalue weighted by Gasteiger charge is 2.16. The maximum absolute atomic E-state index is 12.4. The first-order chi connectivity index (χ1) is 12.6. The Balaban J connectivity index is 1.52. The van der Waals surface area contributed by atoms with Crippen LogP contribution >= 0.6 is 11.6 Å². The number of furan rings is 1. The molecule has 4 rings (SSSR count). The summed E-state index contributed by atoms with van der Waals surface area (Å²) in [5.41, 5.74) is 2.21. The number of halogens is 1. The van der Waals surface area contributed by atoms with Crippen molar-refractivity contribution in [1.82, 2.24) is 0 Å². The van der Waals surface area contributed by atoms with Crippen LogP contribution in [0.5, 0.6) is 5.75 Å². The number of anilines is 1. The first-order valence-electron chi connectivity index (χ1n) is 8.24. The van der Waals surface area contributed by atoms with Gasteiger partial charge >= 0.3 is 0 Å². The van der Waals surface area contributed by atoms with Crippen molar-refractivity contribution in [2.24, 2.45) is 0 Å². The zero-order valence-corrected chi connectivity index (χ0v) is 14.8. The lowest BCUT2D eigenvalue weighted by molar-refractivity contribution is -0.122. The highest BCUT2D eigenvalue weighted by Crippen LogP contribution is 2.30. The van der Waals surface area contributed by atoms with E-state index < -0.39 is 6.10 Å². The molecule has 0 saturated carbocycles. The summed E-state index contributed by atoms with van der Waals surface area (Å²) < 4.78 is 11.5. The van der Waals surface area contributed by atoms with E-state index in [-0.39, 0.29) is 5.91 Å². The van der Waals surface area contributed by atoms with Crippen LogP contribution in [-0.4, -0.2) is 12.0 Å². The van der Waals surface area contributed by atoms with Gasteiger partial charge in [-0.25, -0.2) is 0 Å². The molecule has 1 amide bonds. The maximum Gasteiger partial charge on any atom is 0.265 e. The SMILES string of the molecule is CC(Oc1cccc(Cl)c1)C(=O)Nc1ccc2c(c1)oc1ccccc12. The Morgan fingerprint density at radius 2 is 1.81 bits per heavy atom. The van der Waals surface area contributed by atoms with E-state index in [2.05, 4.69) is 5.32 Å². The molecule has 0 bridgehead atoms. The van der Waals surface area contributed by atoms with Crippen molar-refractivity contribution in [2.75, 3.05) is 5.32 Å². The molecule has 1 heterocycles. The minimum absolute atomic E-state index is 0.250. The Labute approximate surface area is 155 Å². The molecule has 130 valence electrons. The van der Waals surface area contributed by atoms with Gasteiger partial charge in [0.2, 0.25) is 0 Å². The van der Waals surface area contributed by atoms with E-state index in [0.29, 0.717) is 16.5 Å². The summed E-state index contributed by atoms with van der Waals surface area (Å²) in [6, 6.07) is 20.4. The quantitative estimate of drug-likeness (QED) is 0.508. The van der Waals surface area contributed by atoms with Crippen LogP contribution in [0.1, 0.15) is 6.92 Å². The van der Waals surface area contributed by atoms with Crippen molar-refractivity contribution in [3.8, 4) is 5.75 Å². The summed E-state index contributed by atoms with van der Waals surface area (Å²) >= 11 is 5.94. The zero-order chi connectivity index (χ0) is 18.1. The van der Waals surface area contributed by atoms with Crippen molar-refractivity contribution in [3.63, 3.8) is 0 Å². The molecular formula is C21H16ClNO3. The van der Waals surface area contributed by atoms with Gasteiger partial charge in [-0.2, -0.15) is 0 Å². The molecule has 1 aromatic heterocycles. The van der Waals surface area contributed by atoms with Crippen molar-refractivity contribution >= 4 is 45.1 Å². The summed E-state index contributed by atoms with van der Waals surface area (Å²) in [5, 5.41) is 5.49. The van der Waals surface area contributed by atoms with Gasteiger partial charge in [-0.1, -0.05) is 35.9 Å². The number of carbonyl (C=O) groups excluding carboxylic acids is 1. The standard InChI is InChI=1S/C21H16ClNO3/c1-13(25-16-6-4-5-14(22)11-16)21(24)23-15-9-10-18-17-7-2-3-8-19(17)26-20(18)12-15/h2-13H,1H3,(H,23,24). The van der Waals surface area contributed by atoms with Crippen LogP contribution in [-0.2, 0) is 4.79 Å². The Morgan fingerprint density at radius 3 is 2.65 bits per heavy atom. The average molecular weight is 366 g/mol. The molecule has 0 aliphatic rings. The third-order valence-corrected chi connectivity index (χ3v) is 4.36. The number of fused-ring (bicyclic) bond motifs is 3. The zero-order valence-electron chi connectivity index (χ0n) is 14.0. The number of hydrogen-bond donors (Lipinski definition) is 1. The molecule has 3 aromatic carbocycles. The number of nitrogens with one attached hydrogen (secondary N) is 1. The second-order valence-electron chi connectivity index (χ2n) is 6.02. The molecule has 4 aromatic rings. The fourth-order valence-corrected chi connectivity index (χ4v) is 3.03. The summed E-state index contributed by atoms with van der Waals surface area (Å²) in [6.07, 6.45) is -0.667. The van der Waals surface area contributed by atoms with Crippen molar-refractivity contribution < 1.29 is 13.9 Å². The lowest BCUT2D eigenvalue weighted by atomic mass is 10.1. The smallest absolute Gasteiger partial charge is 0.265 e. The van der Waals surface area contributed by atoms with Gasteiger partial charge in [0, 0.05) is 27.5 Å². The number of ether oxygens (including phenoxy) is 1. The second kappa shape index (κ2) is 6.73. The maximum atomic E-state index is 12.4. The van der Waals surface area contributed by atoms with Gasteiger partial charge in [-0.3, -0.25) is 4.79 Å². The fraction of sp³-hybridized carbons (Fsp3) is 0.0952. The van der Waals surface area contributed by atoms with Crippen LogP contribution in [0.4, 0.5) is 5.69 Å². The molecule has 4 nitrogen and oxygen atoms in total.